The molecule has 0 bridgehead atoms. The summed E-state index contributed by atoms with van der Waals surface area (Å²) in [5, 5.41) is 3.95. The number of benzene rings is 1. The number of likely N-dealkylation sites (tertiary alicyclic amines) is 1. The van der Waals surface area contributed by atoms with Crippen LogP contribution in [0.4, 0.5) is 0 Å². The molecule has 1 aliphatic rings. The first-order valence-electron chi connectivity index (χ1n) is 8.99. The molecular formula is C20H26N2O3. The fourth-order valence-electron chi connectivity index (χ4n) is 3.26. The molecule has 1 amide bonds. The minimum Gasteiger partial charge on any atom is -0.488 e. The van der Waals surface area contributed by atoms with E-state index in [1.165, 1.54) is 6.42 Å². The van der Waals surface area contributed by atoms with Crippen molar-refractivity contribution in [3.05, 3.63) is 46.8 Å². The second-order valence-electron chi connectivity index (χ2n) is 6.92. The summed E-state index contributed by atoms with van der Waals surface area (Å²) in [4.78, 5) is 15.0. The quantitative estimate of drug-likeness (QED) is 0.838. The Morgan fingerprint density at radius 1 is 1.28 bits per heavy atom. The number of carbonyl (C=O) groups excluding carboxylic acids is 1. The number of hydrogen-bond acceptors (Lipinski definition) is 4. The molecule has 1 aromatic carbocycles. The molecule has 0 aliphatic carbocycles. The number of aryl methyl sites for hydroxylation is 2. The largest absolute Gasteiger partial charge is 0.488 e. The zero-order chi connectivity index (χ0) is 17.8. The van der Waals surface area contributed by atoms with Gasteiger partial charge in [-0.25, -0.2) is 0 Å². The monoisotopic (exact) mass is 342 g/mol. The summed E-state index contributed by atoms with van der Waals surface area (Å²) < 4.78 is 11.1. The fourth-order valence-corrected chi connectivity index (χ4v) is 3.26. The zero-order valence-corrected chi connectivity index (χ0v) is 15.2. The molecule has 2 heterocycles. The van der Waals surface area contributed by atoms with Gasteiger partial charge in [-0.15, -0.1) is 0 Å². The van der Waals surface area contributed by atoms with E-state index in [1.54, 1.807) is 0 Å². The Labute approximate surface area is 148 Å². The van der Waals surface area contributed by atoms with Crippen LogP contribution in [0, 0.1) is 19.8 Å². The summed E-state index contributed by atoms with van der Waals surface area (Å²) >= 11 is 0. The van der Waals surface area contributed by atoms with Crippen LogP contribution in [0.3, 0.4) is 0 Å². The highest BCUT2D eigenvalue weighted by molar-refractivity contribution is 5.97. The number of rotatable bonds is 4. The summed E-state index contributed by atoms with van der Waals surface area (Å²) in [5.74, 6) is 2.11. The van der Waals surface area contributed by atoms with E-state index < -0.39 is 0 Å². The molecular weight excluding hydrogens is 316 g/mol. The minimum atomic E-state index is 0.0588. The van der Waals surface area contributed by atoms with Crippen LogP contribution in [0.1, 0.15) is 53.6 Å². The molecule has 1 aliphatic heterocycles. The lowest BCUT2D eigenvalue weighted by Crippen LogP contribution is -2.32. The third kappa shape index (κ3) is 4.03. The number of carbonyl (C=O) groups is 1. The molecule has 0 unspecified atom stereocenters. The van der Waals surface area contributed by atoms with Crippen LogP contribution in [0.5, 0.6) is 5.75 Å². The van der Waals surface area contributed by atoms with E-state index in [0.29, 0.717) is 23.8 Å². The van der Waals surface area contributed by atoms with Crippen LogP contribution in [0.25, 0.3) is 0 Å². The fraction of sp³-hybridized carbons (Fsp3) is 0.500. The van der Waals surface area contributed by atoms with Crippen molar-refractivity contribution < 1.29 is 14.1 Å². The van der Waals surface area contributed by atoms with Gasteiger partial charge in [-0.1, -0.05) is 24.2 Å². The number of para-hydroxylation sites is 1. The van der Waals surface area contributed by atoms with Crippen molar-refractivity contribution in [3.63, 3.8) is 0 Å². The van der Waals surface area contributed by atoms with Crippen LogP contribution in [-0.2, 0) is 6.61 Å². The van der Waals surface area contributed by atoms with Crippen molar-refractivity contribution in [2.45, 2.75) is 46.6 Å². The number of ether oxygens (including phenoxy) is 1. The summed E-state index contributed by atoms with van der Waals surface area (Å²) in [6.07, 6.45) is 3.32. The van der Waals surface area contributed by atoms with E-state index in [4.69, 9.17) is 9.26 Å². The number of hydrogen-bond donors (Lipinski definition) is 0. The van der Waals surface area contributed by atoms with Crippen LogP contribution < -0.4 is 4.74 Å². The second-order valence-corrected chi connectivity index (χ2v) is 6.92. The predicted molar refractivity (Wildman–Crippen MR) is 95.7 cm³/mol. The SMILES string of the molecule is Cc1noc(C)c1COc1ccccc1C(=O)N1CCC[C@@H](C)CC1. The highest BCUT2D eigenvalue weighted by Crippen LogP contribution is 2.25. The Morgan fingerprint density at radius 3 is 2.84 bits per heavy atom. The van der Waals surface area contributed by atoms with Gasteiger partial charge in [-0.05, 0) is 51.2 Å². The van der Waals surface area contributed by atoms with E-state index >= 15 is 0 Å². The third-order valence-corrected chi connectivity index (χ3v) is 4.97. The normalized spacial score (nSPS) is 18.0. The molecule has 1 saturated heterocycles. The summed E-state index contributed by atoms with van der Waals surface area (Å²) in [6.45, 7) is 8.01. The minimum absolute atomic E-state index is 0.0588. The third-order valence-electron chi connectivity index (χ3n) is 4.97. The van der Waals surface area contributed by atoms with Gasteiger partial charge in [-0.2, -0.15) is 0 Å². The lowest BCUT2D eigenvalue weighted by atomic mass is 10.0. The smallest absolute Gasteiger partial charge is 0.257 e. The van der Waals surface area contributed by atoms with Crippen molar-refractivity contribution in [1.29, 1.82) is 0 Å². The maximum absolute atomic E-state index is 13.0. The maximum atomic E-state index is 13.0. The first-order valence-corrected chi connectivity index (χ1v) is 8.99. The van der Waals surface area contributed by atoms with Gasteiger partial charge in [0, 0.05) is 13.1 Å². The lowest BCUT2D eigenvalue weighted by molar-refractivity contribution is 0.0755. The second kappa shape index (κ2) is 7.72. The molecule has 1 fully saturated rings. The Hall–Kier alpha value is -2.30. The van der Waals surface area contributed by atoms with Gasteiger partial charge in [-0.3, -0.25) is 4.79 Å². The van der Waals surface area contributed by atoms with Crippen molar-refractivity contribution in [2.24, 2.45) is 5.92 Å². The van der Waals surface area contributed by atoms with E-state index in [9.17, 15) is 4.79 Å². The van der Waals surface area contributed by atoms with Crippen molar-refractivity contribution in [2.75, 3.05) is 13.1 Å². The van der Waals surface area contributed by atoms with E-state index in [0.717, 1.165) is 42.9 Å². The van der Waals surface area contributed by atoms with Crippen molar-refractivity contribution in [3.8, 4) is 5.75 Å². The summed E-state index contributed by atoms with van der Waals surface area (Å²) in [7, 11) is 0. The average molecular weight is 342 g/mol. The first kappa shape index (κ1) is 17.5. The zero-order valence-electron chi connectivity index (χ0n) is 15.2. The molecule has 0 N–H and O–H groups in total. The number of nitrogens with zero attached hydrogens (tertiary/aromatic N) is 2. The van der Waals surface area contributed by atoms with Crippen molar-refractivity contribution in [1.82, 2.24) is 10.1 Å². The van der Waals surface area contributed by atoms with Crippen LogP contribution >= 0.6 is 0 Å². The van der Waals surface area contributed by atoms with E-state index in [2.05, 4.69) is 12.1 Å². The molecule has 2 aromatic rings. The van der Waals surface area contributed by atoms with Gasteiger partial charge in [0.15, 0.2) is 0 Å². The molecule has 0 spiro atoms. The Bertz CT molecular complexity index is 719. The van der Waals surface area contributed by atoms with Gasteiger partial charge in [0.1, 0.15) is 18.1 Å². The highest BCUT2D eigenvalue weighted by Gasteiger charge is 2.22. The summed E-state index contributed by atoms with van der Waals surface area (Å²) in [5.41, 5.74) is 2.39. The van der Waals surface area contributed by atoms with Gasteiger partial charge in [0.2, 0.25) is 0 Å². The molecule has 1 atom stereocenters. The Kier molecular flexibility index (Phi) is 5.41. The van der Waals surface area contributed by atoms with Crippen LogP contribution in [0.2, 0.25) is 0 Å². The average Bonchev–Trinajstić information content (AvgIpc) is 2.80. The Morgan fingerprint density at radius 2 is 2.08 bits per heavy atom. The van der Waals surface area contributed by atoms with Crippen molar-refractivity contribution >= 4 is 5.91 Å². The molecule has 134 valence electrons. The molecule has 0 saturated carbocycles. The molecule has 3 rings (SSSR count). The van der Waals surface area contributed by atoms with Crippen LogP contribution in [-0.4, -0.2) is 29.1 Å². The van der Waals surface area contributed by atoms with Gasteiger partial charge < -0.3 is 14.2 Å². The standard InChI is InChI=1S/C20H26N2O3/c1-14-7-6-11-22(12-10-14)20(23)17-8-4-5-9-19(17)24-13-18-15(2)21-25-16(18)3/h4-5,8-9,14H,6-7,10-13H2,1-3H3/t14-/m1/s1. The van der Waals surface area contributed by atoms with Gasteiger partial charge in [0.05, 0.1) is 16.8 Å². The summed E-state index contributed by atoms with van der Waals surface area (Å²) in [6, 6.07) is 7.48. The molecule has 0 radical (unpaired) electrons. The lowest BCUT2D eigenvalue weighted by Gasteiger charge is -2.22. The maximum Gasteiger partial charge on any atom is 0.257 e. The highest BCUT2D eigenvalue weighted by atomic mass is 16.5. The molecule has 5 nitrogen and oxygen atoms in total. The Balaban J connectivity index is 1.75. The number of amides is 1. The topological polar surface area (TPSA) is 55.6 Å². The van der Waals surface area contributed by atoms with E-state index in [-0.39, 0.29) is 5.91 Å². The molecule has 5 heteroatoms. The first-order chi connectivity index (χ1) is 12.1. The number of aromatic nitrogens is 1. The van der Waals surface area contributed by atoms with Gasteiger partial charge in [0.25, 0.3) is 5.91 Å². The van der Waals surface area contributed by atoms with Gasteiger partial charge >= 0.3 is 0 Å². The van der Waals surface area contributed by atoms with E-state index in [1.807, 2.05) is 43.0 Å². The molecule has 25 heavy (non-hydrogen) atoms. The molecule has 1 aromatic heterocycles. The predicted octanol–water partition coefficient (Wildman–Crippen LogP) is 4.13. The van der Waals surface area contributed by atoms with Crippen LogP contribution in [0.15, 0.2) is 28.8 Å².